The zero-order valence-electron chi connectivity index (χ0n) is 12.0. The van der Waals surface area contributed by atoms with Crippen LogP contribution in [0.5, 0.6) is 0 Å². The minimum absolute atomic E-state index is 0.163. The molecule has 0 saturated heterocycles. The Hall–Kier alpha value is -1.38. The molecular formula is C15H19NO3S. The Bertz CT molecular complexity index is 630. The molecule has 4 nitrogen and oxygen atoms in total. The molecule has 108 valence electrons. The van der Waals surface area contributed by atoms with Crippen LogP contribution in [0.2, 0.25) is 0 Å². The summed E-state index contributed by atoms with van der Waals surface area (Å²) in [5, 5.41) is 8.84. The first kappa shape index (κ1) is 15.0. The predicted octanol–water partition coefficient (Wildman–Crippen LogP) is 2.05. The van der Waals surface area contributed by atoms with E-state index in [4.69, 9.17) is 4.74 Å². The van der Waals surface area contributed by atoms with Gasteiger partial charge >= 0.3 is 0 Å². The monoisotopic (exact) mass is 293 g/mol. The lowest BCUT2D eigenvalue weighted by molar-refractivity contribution is 0.117. The highest BCUT2D eigenvalue weighted by molar-refractivity contribution is 7.91. The topological polar surface area (TPSA) is 67.2 Å². The van der Waals surface area contributed by atoms with E-state index < -0.39 is 20.5 Å². The number of nitriles is 1. The van der Waals surface area contributed by atoms with E-state index in [0.29, 0.717) is 6.61 Å². The standard InChI is InChI=1S/C15H19NO3S/c1-4-19-10-15(9-16)13(14(15)20(3,17)18)12-7-5-11(2)6-8-12/h5-8,13-14H,4,10H2,1-3H3/t13-,14+,15+/m1/s1. The highest BCUT2D eigenvalue weighted by Crippen LogP contribution is 2.62. The van der Waals surface area contributed by atoms with Crippen molar-refractivity contribution in [3.05, 3.63) is 35.4 Å². The van der Waals surface area contributed by atoms with Gasteiger partial charge in [-0.2, -0.15) is 5.26 Å². The second kappa shape index (κ2) is 5.19. The van der Waals surface area contributed by atoms with Crippen molar-refractivity contribution in [3.8, 4) is 6.07 Å². The first-order chi connectivity index (χ1) is 9.36. The number of benzene rings is 1. The molecular weight excluding hydrogens is 274 g/mol. The van der Waals surface area contributed by atoms with Crippen molar-refractivity contribution < 1.29 is 13.2 Å². The van der Waals surface area contributed by atoms with Crippen molar-refractivity contribution in [2.24, 2.45) is 5.41 Å². The van der Waals surface area contributed by atoms with Gasteiger partial charge in [0.25, 0.3) is 0 Å². The van der Waals surface area contributed by atoms with E-state index in [0.717, 1.165) is 11.1 Å². The molecule has 1 aliphatic rings. The van der Waals surface area contributed by atoms with E-state index >= 15 is 0 Å². The SMILES string of the molecule is CCOC[C@@]1(C#N)[C@H](c2ccc(C)cc2)[C@@H]1S(C)(=O)=O. The summed E-state index contributed by atoms with van der Waals surface area (Å²) in [5.41, 5.74) is 1.06. The van der Waals surface area contributed by atoms with Crippen molar-refractivity contribution in [3.63, 3.8) is 0 Å². The van der Waals surface area contributed by atoms with Gasteiger partial charge in [0.2, 0.25) is 0 Å². The van der Waals surface area contributed by atoms with Gasteiger partial charge in [-0.3, -0.25) is 0 Å². The third kappa shape index (κ3) is 2.46. The normalized spacial score (nSPS) is 28.9. The second-order valence-electron chi connectivity index (χ2n) is 5.43. The summed E-state index contributed by atoms with van der Waals surface area (Å²) >= 11 is 0. The lowest BCUT2D eigenvalue weighted by Crippen LogP contribution is -2.18. The number of ether oxygens (including phenoxy) is 1. The third-order valence-electron chi connectivity index (χ3n) is 3.91. The maximum absolute atomic E-state index is 12.0. The lowest BCUT2D eigenvalue weighted by Gasteiger charge is -2.08. The molecule has 1 aromatic carbocycles. The van der Waals surface area contributed by atoms with Gasteiger partial charge < -0.3 is 4.74 Å². The quantitative estimate of drug-likeness (QED) is 0.833. The summed E-state index contributed by atoms with van der Waals surface area (Å²) in [7, 11) is -3.29. The molecule has 1 aliphatic carbocycles. The molecule has 0 bridgehead atoms. The Morgan fingerprint density at radius 2 is 1.95 bits per heavy atom. The van der Waals surface area contributed by atoms with Crippen molar-refractivity contribution in [2.45, 2.75) is 25.0 Å². The number of rotatable bonds is 5. The second-order valence-corrected chi connectivity index (χ2v) is 7.59. The van der Waals surface area contributed by atoms with Gasteiger partial charge in [0.1, 0.15) is 5.41 Å². The molecule has 20 heavy (non-hydrogen) atoms. The van der Waals surface area contributed by atoms with Gasteiger partial charge in [-0.1, -0.05) is 29.8 Å². The van der Waals surface area contributed by atoms with Crippen molar-refractivity contribution in [1.82, 2.24) is 0 Å². The number of hydrogen-bond acceptors (Lipinski definition) is 4. The molecule has 0 amide bonds. The zero-order chi connectivity index (χ0) is 15.0. The Morgan fingerprint density at radius 3 is 2.40 bits per heavy atom. The molecule has 0 N–H and O–H groups in total. The summed E-state index contributed by atoms with van der Waals surface area (Å²) in [5.74, 6) is -0.297. The molecule has 0 spiro atoms. The van der Waals surface area contributed by atoms with Crippen LogP contribution in [0.3, 0.4) is 0 Å². The average Bonchev–Trinajstić information content (AvgIpc) is 3.07. The van der Waals surface area contributed by atoms with Crippen molar-refractivity contribution in [2.75, 3.05) is 19.5 Å². The summed E-state index contributed by atoms with van der Waals surface area (Å²) in [6.45, 7) is 4.45. The van der Waals surface area contributed by atoms with Crippen LogP contribution >= 0.6 is 0 Å². The Labute approximate surface area is 120 Å². The van der Waals surface area contributed by atoms with Crippen LogP contribution in [0.1, 0.15) is 24.0 Å². The molecule has 1 saturated carbocycles. The van der Waals surface area contributed by atoms with E-state index in [1.165, 1.54) is 6.26 Å². The van der Waals surface area contributed by atoms with Crippen molar-refractivity contribution in [1.29, 1.82) is 5.26 Å². The molecule has 0 heterocycles. The van der Waals surface area contributed by atoms with E-state index in [1.807, 2.05) is 38.1 Å². The molecule has 0 unspecified atom stereocenters. The first-order valence-corrected chi connectivity index (χ1v) is 8.56. The van der Waals surface area contributed by atoms with Gasteiger partial charge in [0, 0.05) is 18.8 Å². The fourth-order valence-electron chi connectivity index (χ4n) is 2.89. The maximum Gasteiger partial charge on any atom is 0.152 e. The number of nitrogens with zero attached hydrogens (tertiary/aromatic N) is 1. The zero-order valence-corrected chi connectivity index (χ0v) is 12.8. The molecule has 0 aliphatic heterocycles. The van der Waals surface area contributed by atoms with Crippen LogP contribution in [-0.4, -0.2) is 33.1 Å². The minimum Gasteiger partial charge on any atom is -0.380 e. The van der Waals surface area contributed by atoms with Crippen LogP contribution in [0.4, 0.5) is 0 Å². The third-order valence-corrected chi connectivity index (χ3v) is 5.52. The summed E-state index contributed by atoms with van der Waals surface area (Å²) in [4.78, 5) is 0. The Morgan fingerprint density at radius 1 is 1.35 bits per heavy atom. The number of hydrogen-bond donors (Lipinski definition) is 0. The van der Waals surface area contributed by atoms with Crippen LogP contribution in [0, 0.1) is 23.7 Å². The van der Waals surface area contributed by atoms with Crippen LogP contribution in [0.15, 0.2) is 24.3 Å². The summed E-state index contributed by atoms with van der Waals surface area (Å²) < 4.78 is 29.3. The number of aryl methyl sites for hydroxylation is 1. The van der Waals surface area contributed by atoms with Gasteiger partial charge in [-0.15, -0.1) is 0 Å². The molecule has 5 heteroatoms. The Kier molecular flexibility index (Phi) is 3.90. The predicted molar refractivity (Wildman–Crippen MR) is 77.1 cm³/mol. The molecule has 0 aromatic heterocycles. The van der Waals surface area contributed by atoms with Crippen molar-refractivity contribution >= 4 is 9.84 Å². The molecule has 3 atom stereocenters. The lowest BCUT2D eigenvalue weighted by atomic mass is 10.0. The van der Waals surface area contributed by atoms with Gasteiger partial charge in [-0.05, 0) is 19.4 Å². The Balaban J connectivity index is 2.40. The van der Waals surface area contributed by atoms with E-state index in [1.54, 1.807) is 0 Å². The fraction of sp³-hybridized carbons (Fsp3) is 0.533. The van der Waals surface area contributed by atoms with Crippen LogP contribution in [-0.2, 0) is 14.6 Å². The van der Waals surface area contributed by atoms with E-state index in [2.05, 4.69) is 6.07 Å². The van der Waals surface area contributed by atoms with Gasteiger partial charge in [0.15, 0.2) is 9.84 Å². The van der Waals surface area contributed by atoms with Gasteiger partial charge in [0.05, 0.1) is 17.9 Å². The van der Waals surface area contributed by atoms with E-state index in [9.17, 15) is 13.7 Å². The van der Waals surface area contributed by atoms with E-state index in [-0.39, 0.29) is 12.5 Å². The first-order valence-electron chi connectivity index (χ1n) is 6.61. The molecule has 1 fully saturated rings. The highest BCUT2D eigenvalue weighted by Gasteiger charge is 2.71. The maximum atomic E-state index is 12.0. The minimum atomic E-state index is -3.29. The average molecular weight is 293 g/mol. The highest BCUT2D eigenvalue weighted by atomic mass is 32.2. The van der Waals surface area contributed by atoms with Crippen LogP contribution in [0.25, 0.3) is 0 Å². The molecule has 1 aromatic rings. The van der Waals surface area contributed by atoms with Crippen LogP contribution < -0.4 is 0 Å². The molecule has 0 radical (unpaired) electrons. The smallest absolute Gasteiger partial charge is 0.152 e. The largest absolute Gasteiger partial charge is 0.380 e. The van der Waals surface area contributed by atoms with Gasteiger partial charge in [-0.25, -0.2) is 8.42 Å². The fourth-order valence-corrected chi connectivity index (χ4v) is 4.74. The number of sulfone groups is 1. The summed E-state index contributed by atoms with van der Waals surface area (Å²) in [6.07, 6.45) is 1.20. The molecule has 2 rings (SSSR count). The summed E-state index contributed by atoms with van der Waals surface area (Å²) in [6, 6.07) is 9.90.